The lowest BCUT2D eigenvalue weighted by Crippen LogP contribution is -1.95. The van der Waals surface area contributed by atoms with Gasteiger partial charge in [-0.3, -0.25) is 4.79 Å². The molecular weight excluding hydrogens is 284 g/mol. The summed E-state index contributed by atoms with van der Waals surface area (Å²) in [6.07, 6.45) is 2.83. The van der Waals surface area contributed by atoms with Gasteiger partial charge in [-0.25, -0.2) is 0 Å². The minimum absolute atomic E-state index is 0.256. The normalized spacial score (nSPS) is 11.7. The highest BCUT2D eigenvalue weighted by atomic mass is 16.4. The second-order valence-corrected chi connectivity index (χ2v) is 6.18. The van der Waals surface area contributed by atoms with Crippen molar-refractivity contribution in [2.75, 3.05) is 0 Å². The zero-order chi connectivity index (χ0) is 15.8. The van der Waals surface area contributed by atoms with Crippen molar-refractivity contribution in [3.63, 3.8) is 0 Å². The standard InChI is InChI=1S/C21H18O2/c22-19(23)7-2-1-4-14-8-9-17-11-10-15-5-3-6-16-12-13-18(14)21(17)20(15)16/h3,5-6,8-13H,1-2,4,7H2,(H,22,23). The van der Waals surface area contributed by atoms with Gasteiger partial charge in [0.25, 0.3) is 0 Å². The van der Waals surface area contributed by atoms with E-state index in [1.54, 1.807) is 0 Å². The van der Waals surface area contributed by atoms with E-state index in [0.29, 0.717) is 0 Å². The summed E-state index contributed by atoms with van der Waals surface area (Å²) in [4.78, 5) is 10.7. The summed E-state index contributed by atoms with van der Waals surface area (Å²) in [7, 11) is 0. The molecule has 2 nitrogen and oxygen atoms in total. The Labute approximate surface area is 134 Å². The first kappa shape index (κ1) is 14.0. The van der Waals surface area contributed by atoms with Crippen LogP contribution in [0.3, 0.4) is 0 Å². The molecule has 0 unspecified atom stereocenters. The van der Waals surface area contributed by atoms with Crippen LogP contribution in [0.15, 0.2) is 54.6 Å². The maximum absolute atomic E-state index is 10.7. The number of carboxylic acid groups (broad SMARTS) is 1. The fourth-order valence-electron chi connectivity index (χ4n) is 3.61. The topological polar surface area (TPSA) is 37.3 Å². The Morgan fingerprint density at radius 3 is 2.17 bits per heavy atom. The van der Waals surface area contributed by atoms with Crippen molar-refractivity contribution in [1.29, 1.82) is 0 Å². The lowest BCUT2D eigenvalue weighted by Gasteiger charge is -2.13. The van der Waals surface area contributed by atoms with E-state index in [1.165, 1.54) is 37.9 Å². The highest BCUT2D eigenvalue weighted by Gasteiger charge is 2.10. The number of carboxylic acids is 1. The van der Waals surface area contributed by atoms with E-state index < -0.39 is 5.97 Å². The van der Waals surface area contributed by atoms with Crippen LogP contribution >= 0.6 is 0 Å². The second-order valence-electron chi connectivity index (χ2n) is 6.18. The van der Waals surface area contributed by atoms with Crippen LogP contribution < -0.4 is 0 Å². The summed E-state index contributed by atoms with van der Waals surface area (Å²) in [5.74, 6) is -0.708. The van der Waals surface area contributed by atoms with Crippen molar-refractivity contribution < 1.29 is 9.90 Å². The molecule has 0 atom stereocenters. The zero-order valence-corrected chi connectivity index (χ0v) is 12.9. The third-order valence-corrected chi connectivity index (χ3v) is 4.71. The molecular formula is C21H18O2. The monoisotopic (exact) mass is 302 g/mol. The van der Waals surface area contributed by atoms with Crippen LogP contribution in [0.2, 0.25) is 0 Å². The van der Waals surface area contributed by atoms with Crippen molar-refractivity contribution in [3.05, 3.63) is 60.2 Å². The molecule has 0 bridgehead atoms. The molecule has 23 heavy (non-hydrogen) atoms. The van der Waals surface area contributed by atoms with Gasteiger partial charge in [0.15, 0.2) is 0 Å². The molecule has 1 N–H and O–H groups in total. The molecule has 0 saturated heterocycles. The minimum atomic E-state index is -0.708. The summed E-state index contributed by atoms with van der Waals surface area (Å²) in [5.41, 5.74) is 1.32. The molecule has 0 aliphatic carbocycles. The van der Waals surface area contributed by atoms with Crippen LogP contribution in [-0.4, -0.2) is 11.1 Å². The van der Waals surface area contributed by atoms with Crippen LogP contribution in [0.1, 0.15) is 24.8 Å². The third kappa shape index (κ3) is 2.40. The van der Waals surface area contributed by atoms with Gasteiger partial charge in [-0.2, -0.15) is 0 Å². The minimum Gasteiger partial charge on any atom is -0.481 e. The number of rotatable bonds is 5. The highest BCUT2D eigenvalue weighted by Crippen LogP contribution is 2.36. The average molecular weight is 302 g/mol. The van der Waals surface area contributed by atoms with Crippen molar-refractivity contribution >= 4 is 38.3 Å². The molecule has 0 spiro atoms. The van der Waals surface area contributed by atoms with Crippen LogP contribution in [0.5, 0.6) is 0 Å². The van der Waals surface area contributed by atoms with E-state index in [1.807, 2.05) is 0 Å². The Balaban J connectivity index is 1.81. The van der Waals surface area contributed by atoms with Crippen LogP contribution in [-0.2, 0) is 11.2 Å². The third-order valence-electron chi connectivity index (χ3n) is 4.71. The molecule has 4 aromatic rings. The number of benzene rings is 4. The van der Waals surface area contributed by atoms with E-state index in [4.69, 9.17) is 5.11 Å². The van der Waals surface area contributed by atoms with Crippen molar-refractivity contribution in [2.45, 2.75) is 25.7 Å². The van der Waals surface area contributed by atoms with Crippen molar-refractivity contribution in [3.8, 4) is 0 Å². The summed E-state index contributed by atoms with van der Waals surface area (Å²) in [6, 6.07) is 19.6. The van der Waals surface area contributed by atoms with Gasteiger partial charge in [-0.05, 0) is 57.1 Å². The maximum Gasteiger partial charge on any atom is 0.303 e. The van der Waals surface area contributed by atoms with Gasteiger partial charge in [-0.1, -0.05) is 54.6 Å². The first-order valence-electron chi connectivity index (χ1n) is 8.11. The van der Waals surface area contributed by atoms with Gasteiger partial charge in [0.1, 0.15) is 0 Å². The largest absolute Gasteiger partial charge is 0.481 e. The number of unbranched alkanes of at least 4 members (excludes halogenated alkanes) is 1. The van der Waals surface area contributed by atoms with E-state index in [2.05, 4.69) is 54.6 Å². The number of hydrogen-bond donors (Lipinski definition) is 1. The quantitative estimate of drug-likeness (QED) is 0.397. The molecule has 0 aromatic heterocycles. The highest BCUT2D eigenvalue weighted by molar-refractivity contribution is 6.23. The fraction of sp³-hybridized carbons (Fsp3) is 0.190. The Morgan fingerprint density at radius 1 is 0.783 bits per heavy atom. The Hall–Kier alpha value is -2.61. The van der Waals surface area contributed by atoms with E-state index >= 15 is 0 Å². The van der Waals surface area contributed by atoms with E-state index in [0.717, 1.165) is 19.3 Å². The van der Waals surface area contributed by atoms with Gasteiger partial charge in [0, 0.05) is 6.42 Å². The summed E-state index contributed by atoms with van der Waals surface area (Å²) in [6.45, 7) is 0. The second kappa shape index (κ2) is 5.54. The lowest BCUT2D eigenvalue weighted by molar-refractivity contribution is -0.137. The average Bonchev–Trinajstić information content (AvgIpc) is 2.57. The van der Waals surface area contributed by atoms with Gasteiger partial charge >= 0.3 is 5.97 Å². The Morgan fingerprint density at radius 2 is 1.43 bits per heavy atom. The molecule has 0 fully saturated rings. The van der Waals surface area contributed by atoms with Crippen LogP contribution in [0.4, 0.5) is 0 Å². The molecule has 4 aromatic carbocycles. The molecule has 2 heteroatoms. The SMILES string of the molecule is O=C(O)CCCCc1ccc2ccc3cccc4ccc1c2c34. The summed E-state index contributed by atoms with van der Waals surface area (Å²) in [5, 5.41) is 16.6. The smallest absolute Gasteiger partial charge is 0.303 e. The number of carbonyl (C=O) groups is 1. The molecule has 0 aliphatic heterocycles. The van der Waals surface area contributed by atoms with Crippen LogP contribution in [0, 0.1) is 0 Å². The molecule has 0 amide bonds. The molecule has 0 radical (unpaired) electrons. The van der Waals surface area contributed by atoms with E-state index in [9.17, 15) is 4.79 Å². The lowest BCUT2D eigenvalue weighted by atomic mass is 9.90. The number of aliphatic carboxylic acids is 1. The summed E-state index contributed by atoms with van der Waals surface area (Å²) >= 11 is 0. The number of hydrogen-bond acceptors (Lipinski definition) is 1. The van der Waals surface area contributed by atoms with Gasteiger partial charge in [0.05, 0.1) is 0 Å². The van der Waals surface area contributed by atoms with Crippen molar-refractivity contribution in [2.24, 2.45) is 0 Å². The molecule has 4 rings (SSSR count). The molecule has 0 heterocycles. The van der Waals surface area contributed by atoms with Crippen molar-refractivity contribution in [1.82, 2.24) is 0 Å². The fourth-order valence-corrected chi connectivity index (χ4v) is 3.61. The Kier molecular flexibility index (Phi) is 3.38. The van der Waals surface area contributed by atoms with Crippen LogP contribution in [0.25, 0.3) is 32.3 Å². The zero-order valence-electron chi connectivity index (χ0n) is 12.9. The molecule has 0 saturated carbocycles. The van der Waals surface area contributed by atoms with Gasteiger partial charge in [-0.15, -0.1) is 0 Å². The predicted molar refractivity (Wildman–Crippen MR) is 95.3 cm³/mol. The summed E-state index contributed by atoms with van der Waals surface area (Å²) < 4.78 is 0. The van der Waals surface area contributed by atoms with Gasteiger partial charge < -0.3 is 5.11 Å². The molecule has 0 aliphatic rings. The Bertz CT molecular complexity index is 985. The molecule has 114 valence electrons. The van der Waals surface area contributed by atoms with E-state index in [-0.39, 0.29) is 6.42 Å². The predicted octanol–water partition coefficient (Wildman–Crippen LogP) is 5.38. The van der Waals surface area contributed by atoms with Gasteiger partial charge in [0.2, 0.25) is 0 Å². The number of aryl methyl sites for hydroxylation is 1. The first-order chi connectivity index (χ1) is 11.2. The maximum atomic E-state index is 10.7. The first-order valence-corrected chi connectivity index (χ1v) is 8.11.